The number of rotatable bonds is 5. The van der Waals surface area contributed by atoms with Crippen LogP contribution in [0, 0.1) is 0 Å². The molecule has 0 amide bonds. The molecular weight excluding hydrogens is 194 g/mol. The number of aliphatic hydroxyl groups excluding tert-OH is 1. The van der Waals surface area contributed by atoms with Gasteiger partial charge in [-0.05, 0) is 18.6 Å². The average molecular weight is 209 g/mol. The summed E-state index contributed by atoms with van der Waals surface area (Å²) in [5.41, 5.74) is 1.61. The maximum Gasteiger partial charge on any atom is 0.306 e. The van der Waals surface area contributed by atoms with Gasteiger partial charge in [0.1, 0.15) is 0 Å². The predicted octanol–water partition coefficient (Wildman–Crippen LogP) is 1.07. The van der Waals surface area contributed by atoms with Gasteiger partial charge in [-0.3, -0.25) is 9.78 Å². The highest BCUT2D eigenvalue weighted by Crippen LogP contribution is 2.03. The SMILES string of the molecule is CCOC(=O)CCc1ccc(CO)cn1. The topological polar surface area (TPSA) is 59.4 Å². The molecule has 1 rings (SSSR count). The normalized spacial score (nSPS) is 10.0. The van der Waals surface area contributed by atoms with Crippen LogP contribution in [0.1, 0.15) is 24.6 Å². The monoisotopic (exact) mass is 209 g/mol. The third-order valence-electron chi connectivity index (χ3n) is 1.96. The molecule has 4 heteroatoms. The molecule has 15 heavy (non-hydrogen) atoms. The van der Waals surface area contributed by atoms with E-state index in [2.05, 4.69) is 4.98 Å². The fraction of sp³-hybridized carbons (Fsp3) is 0.455. The van der Waals surface area contributed by atoms with Crippen LogP contribution in [0.5, 0.6) is 0 Å². The number of aromatic nitrogens is 1. The molecule has 4 nitrogen and oxygen atoms in total. The minimum absolute atomic E-state index is 0.00877. The summed E-state index contributed by atoms with van der Waals surface area (Å²) in [5, 5.41) is 8.80. The molecule has 0 aromatic carbocycles. The van der Waals surface area contributed by atoms with Gasteiger partial charge >= 0.3 is 5.97 Å². The van der Waals surface area contributed by atoms with Crippen LogP contribution < -0.4 is 0 Å². The van der Waals surface area contributed by atoms with E-state index in [0.29, 0.717) is 19.4 Å². The Hall–Kier alpha value is -1.42. The Bertz CT molecular complexity index is 308. The molecule has 0 saturated heterocycles. The second-order valence-electron chi connectivity index (χ2n) is 3.12. The highest BCUT2D eigenvalue weighted by molar-refractivity contribution is 5.69. The second-order valence-corrected chi connectivity index (χ2v) is 3.12. The lowest BCUT2D eigenvalue weighted by Gasteiger charge is -2.02. The third-order valence-corrected chi connectivity index (χ3v) is 1.96. The summed E-state index contributed by atoms with van der Waals surface area (Å²) >= 11 is 0. The molecule has 0 spiro atoms. The first-order chi connectivity index (χ1) is 7.26. The zero-order valence-corrected chi connectivity index (χ0v) is 8.77. The number of ether oxygens (including phenoxy) is 1. The van der Waals surface area contributed by atoms with Crippen molar-refractivity contribution in [2.45, 2.75) is 26.4 Å². The summed E-state index contributed by atoms with van der Waals surface area (Å²) in [4.78, 5) is 15.2. The van der Waals surface area contributed by atoms with Crippen molar-refractivity contribution in [3.63, 3.8) is 0 Å². The lowest BCUT2D eigenvalue weighted by Crippen LogP contribution is -2.05. The number of pyridine rings is 1. The van der Waals surface area contributed by atoms with Crippen molar-refractivity contribution in [3.05, 3.63) is 29.6 Å². The summed E-state index contributed by atoms with van der Waals surface area (Å²) in [6.45, 7) is 2.19. The second kappa shape index (κ2) is 6.14. The van der Waals surface area contributed by atoms with E-state index < -0.39 is 0 Å². The molecule has 0 unspecified atom stereocenters. The van der Waals surface area contributed by atoms with Crippen molar-refractivity contribution >= 4 is 5.97 Å². The standard InChI is InChI=1S/C11H15NO3/c1-2-15-11(14)6-5-10-4-3-9(8-13)7-12-10/h3-4,7,13H,2,5-6,8H2,1H3. The molecule has 0 bridgehead atoms. The van der Waals surface area contributed by atoms with E-state index in [-0.39, 0.29) is 12.6 Å². The van der Waals surface area contributed by atoms with E-state index in [1.165, 1.54) is 0 Å². The number of carbonyl (C=O) groups excluding carboxylic acids is 1. The van der Waals surface area contributed by atoms with Gasteiger partial charge in [0.05, 0.1) is 19.6 Å². The summed E-state index contributed by atoms with van der Waals surface area (Å²) in [5.74, 6) is -0.203. The maximum absolute atomic E-state index is 11.0. The Morgan fingerprint density at radius 2 is 2.33 bits per heavy atom. The fourth-order valence-corrected chi connectivity index (χ4v) is 1.16. The Labute approximate surface area is 88.9 Å². The highest BCUT2D eigenvalue weighted by Gasteiger charge is 2.03. The van der Waals surface area contributed by atoms with Crippen molar-refractivity contribution in [3.8, 4) is 0 Å². The molecule has 0 fully saturated rings. The van der Waals surface area contributed by atoms with E-state index in [1.807, 2.05) is 6.07 Å². The number of aryl methyl sites for hydroxylation is 1. The van der Waals surface area contributed by atoms with Gasteiger partial charge in [-0.2, -0.15) is 0 Å². The number of nitrogens with zero attached hydrogens (tertiary/aromatic N) is 1. The molecule has 0 aliphatic carbocycles. The number of esters is 1. The number of hydrogen-bond acceptors (Lipinski definition) is 4. The Balaban J connectivity index is 2.40. The first-order valence-corrected chi connectivity index (χ1v) is 4.96. The molecule has 0 atom stereocenters. The lowest BCUT2D eigenvalue weighted by atomic mass is 10.2. The van der Waals surface area contributed by atoms with Gasteiger partial charge in [0.25, 0.3) is 0 Å². The summed E-state index contributed by atoms with van der Waals surface area (Å²) in [7, 11) is 0. The smallest absolute Gasteiger partial charge is 0.306 e. The summed E-state index contributed by atoms with van der Waals surface area (Å²) in [6, 6.07) is 3.61. The molecular formula is C11H15NO3. The van der Waals surface area contributed by atoms with Crippen LogP contribution in [0.2, 0.25) is 0 Å². The van der Waals surface area contributed by atoms with E-state index >= 15 is 0 Å². The first-order valence-electron chi connectivity index (χ1n) is 4.96. The van der Waals surface area contributed by atoms with E-state index in [9.17, 15) is 4.79 Å². The number of carbonyl (C=O) groups is 1. The number of hydrogen-bond donors (Lipinski definition) is 1. The van der Waals surface area contributed by atoms with Gasteiger partial charge in [0, 0.05) is 18.3 Å². The van der Waals surface area contributed by atoms with E-state index in [1.54, 1.807) is 19.2 Å². The minimum Gasteiger partial charge on any atom is -0.466 e. The van der Waals surface area contributed by atoms with Gasteiger partial charge in [-0.15, -0.1) is 0 Å². The van der Waals surface area contributed by atoms with Crippen LogP contribution in [0.4, 0.5) is 0 Å². The summed E-state index contributed by atoms with van der Waals surface area (Å²) in [6.07, 6.45) is 2.53. The first kappa shape index (κ1) is 11.7. The van der Waals surface area contributed by atoms with Crippen LogP contribution in [-0.2, 0) is 22.6 Å². The van der Waals surface area contributed by atoms with Crippen molar-refractivity contribution < 1.29 is 14.6 Å². The minimum atomic E-state index is -0.203. The van der Waals surface area contributed by atoms with Crippen molar-refractivity contribution in [1.29, 1.82) is 0 Å². The highest BCUT2D eigenvalue weighted by atomic mass is 16.5. The van der Waals surface area contributed by atoms with Gasteiger partial charge < -0.3 is 9.84 Å². The molecule has 1 N–H and O–H groups in total. The summed E-state index contributed by atoms with van der Waals surface area (Å²) < 4.78 is 4.80. The zero-order chi connectivity index (χ0) is 11.1. The maximum atomic E-state index is 11.0. The molecule has 1 heterocycles. The van der Waals surface area contributed by atoms with Crippen molar-refractivity contribution in [2.75, 3.05) is 6.61 Å². The average Bonchev–Trinajstić information content (AvgIpc) is 2.27. The van der Waals surface area contributed by atoms with E-state index in [4.69, 9.17) is 9.84 Å². The third kappa shape index (κ3) is 4.08. The van der Waals surface area contributed by atoms with Crippen LogP contribution in [0.15, 0.2) is 18.3 Å². The van der Waals surface area contributed by atoms with Crippen LogP contribution in [0.3, 0.4) is 0 Å². The molecule has 1 aromatic rings. The molecule has 0 radical (unpaired) electrons. The van der Waals surface area contributed by atoms with E-state index in [0.717, 1.165) is 11.3 Å². The quantitative estimate of drug-likeness (QED) is 0.737. The molecule has 1 aromatic heterocycles. The largest absolute Gasteiger partial charge is 0.466 e. The van der Waals surface area contributed by atoms with Gasteiger partial charge in [-0.25, -0.2) is 0 Å². The molecule has 0 aliphatic rings. The number of aliphatic hydroxyl groups is 1. The molecule has 0 saturated carbocycles. The molecule has 82 valence electrons. The molecule has 0 aliphatic heterocycles. The fourth-order valence-electron chi connectivity index (χ4n) is 1.16. The zero-order valence-electron chi connectivity index (χ0n) is 8.77. The lowest BCUT2D eigenvalue weighted by molar-refractivity contribution is -0.143. The Morgan fingerprint density at radius 1 is 1.53 bits per heavy atom. The van der Waals surface area contributed by atoms with Crippen LogP contribution in [0.25, 0.3) is 0 Å². The van der Waals surface area contributed by atoms with Gasteiger partial charge in [0.15, 0.2) is 0 Å². The van der Waals surface area contributed by atoms with Crippen LogP contribution in [-0.4, -0.2) is 22.7 Å². The van der Waals surface area contributed by atoms with Gasteiger partial charge in [-0.1, -0.05) is 6.07 Å². The van der Waals surface area contributed by atoms with Crippen LogP contribution >= 0.6 is 0 Å². The predicted molar refractivity (Wildman–Crippen MR) is 55.1 cm³/mol. The van der Waals surface area contributed by atoms with Gasteiger partial charge in [0.2, 0.25) is 0 Å². The Morgan fingerprint density at radius 3 is 2.87 bits per heavy atom. The van der Waals surface area contributed by atoms with Crippen molar-refractivity contribution in [2.24, 2.45) is 0 Å². The Kier molecular flexibility index (Phi) is 4.77. The van der Waals surface area contributed by atoms with Crippen molar-refractivity contribution in [1.82, 2.24) is 4.98 Å².